The number of hydrogen-bond donors (Lipinski definition) is 5. The van der Waals surface area contributed by atoms with Crippen LogP contribution in [0, 0.1) is 0 Å². The number of carbonyl (C=O) groups is 2. The number of hydrogen-bond acceptors (Lipinski definition) is 10. The van der Waals surface area contributed by atoms with Crippen LogP contribution in [0.4, 0.5) is 0 Å². The van der Waals surface area contributed by atoms with Crippen molar-refractivity contribution in [1.29, 1.82) is 0 Å². The summed E-state index contributed by atoms with van der Waals surface area (Å²) in [6.45, 7) is 7.85. The first-order valence-electron chi connectivity index (χ1n) is 9.60. The first-order valence-corrected chi connectivity index (χ1v) is 9.60. The van der Waals surface area contributed by atoms with Gasteiger partial charge in [0.15, 0.2) is 17.8 Å². The van der Waals surface area contributed by atoms with E-state index in [1.807, 2.05) is 27.7 Å². The second-order valence-electron chi connectivity index (χ2n) is 8.56. The number of nitrogens with zero attached hydrogens (tertiary/aromatic N) is 3. The maximum atomic E-state index is 11.5. The molecule has 0 aromatic carbocycles. The Morgan fingerprint density at radius 1 is 1.50 bits per heavy atom. The molecule has 3 atom stereocenters. The first kappa shape index (κ1) is 22.2. The molecule has 12 heteroatoms. The lowest BCUT2D eigenvalue weighted by molar-refractivity contribution is -0.216. The summed E-state index contributed by atoms with van der Waals surface area (Å²) in [5.74, 6) is -2.20. The third kappa shape index (κ3) is 3.90. The van der Waals surface area contributed by atoms with Gasteiger partial charge in [-0.3, -0.25) is 19.9 Å². The number of carboxylic acid groups (broad SMARTS) is 1. The Morgan fingerprint density at radius 3 is 2.77 bits per heavy atom. The molecule has 12 nitrogen and oxygen atoms in total. The predicted molar refractivity (Wildman–Crippen MR) is 104 cm³/mol. The molecule has 3 unspecified atom stereocenters. The highest BCUT2D eigenvalue weighted by molar-refractivity contribution is 5.76. The van der Waals surface area contributed by atoms with Gasteiger partial charge < -0.3 is 24.9 Å². The van der Waals surface area contributed by atoms with E-state index in [1.165, 1.54) is 11.1 Å². The molecule has 0 aliphatic carbocycles. The average Bonchev–Trinajstić information content (AvgIpc) is 3.34. The van der Waals surface area contributed by atoms with Crippen molar-refractivity contribution in [3.05, 3.63) is 11.8 Å². The minimum atomic E-state index is -1.17. The van der Waals surface area contributed by atoms with Crippen molar-refractivity contribution in [2.45, 2.75) is 63.1 Å². The normalized spacial score (nSPS) is 28.4. The van der Waals surface area contributed by atoms with Gasteiger partial charge in [-0.25, -0.2) is 5.32 Å². The Bertz CT molecular complexity index is 824. The quantitative estimate of drug-likeness (QED) is 0.266. The lowest BCUT2D eigenvalue weighted by Gasteiger charge is -2.43. The zero-order valence-corrected chi connectivity index (χ0v) is 17.4. The van der Waals surface area contributed by atoms with Crippen LogP contribution in [-0.4, -0.2) is 75.3 Å². The van der Waals surface area contributed by atoms with Gasteiger partial charge in [0.25, 0.3) is 5.88 Å². The summed E-state index contributed by atoms with van der Waals surface area (Å²) < 4.78 is 11.4. The molecule has 3 rings (SSSR count). The summed E-state index contributed by atoms with van der Waals surface area (Å²) in [7, 11) is 0. The molecule has 1 fully saturated rings. The predicted octanol–water partition coefficient (Wildman–Crippen LogP) is -0.137. The monoisotopic (exact) mass is 424 g/mol. The highest BCUT2D eigenvalue weighted by Gasteiger charge is 2.64. The number of amides is 1. The standard InChI is InChI=1S/C18H28N6O6/c1-16(2)9-18(17(3,4)24(16)28,22-15-20-5-6-21-15)29-13-7-12(30-23-13)11(14(26)27)8-19-10-25/h5,7,10-11,15,21-22,28H,6,8-9H2,1-4H3,(H,19,25)(H,26,27). The smallest absolute Gasteiger partial charge is 0.316 e. The summed E-state index contributed by atoms with van der Waals surface area (Å²) in [6, 6.07) is 1.38. The van der Waals surface area contributed by atoms with Crippen molar-refractivity contribution in [2.75, 3.05) is 13.1 Å². The van der Waals surface area contributed by atoms with E-state index in [0.717, 1.165) is 0 Å². The molecule has 2 aliphatic rings. The fourth-order valence-corrected chi connectivity index (χ4v) is 4.07. The molecule has 5 N–H and O–H groups in total. The number of rotatable bonds is 9. The molecule has 1 aromatic heterocycles. The molecule has 3 heterocycles. The molecular weight excluding hydrogens is 396 g/mol. The van der Waals surface area contributed by atoms with Crippen LogP contribution in [0.2, 0.25) is 0 Å². The fourth-order valence-electron chi connectivity index (χ4n) is 4.07. The van der Waals surface area contributed by atoms with E-state index < -0.39 is 35.0 Å². The molecule has 0 bridgehead atoms. The lowest BCUT2D eigenvalue weighted by atomic mass is 9.89. The SMILES string of the molecule is CC1(C)CC(NC2N=CCN2)(Oc2cc(C(CNC=O)C(=O)O)on2)C(C)(C)N1O. The van der Waals surface area contributed by atoms with Crippen molar-refractivity contribution in [3.8, 4) is 5.88 Å². The zero-order valence-electron chi connectivity index (χ0n) is 17.4. The van der Waals surface area contributed by atoms with Gasteiger partial charge in [-0.15, -0.1) is 0 Å². The van der Waals surface area contributed by atoms with Crippen molar-refractivity contribution in [3.63, 3.8) is 0 Å². The van der Waals surface area contributed by atoms with Crippen molar-refractivity contribution in [1.82, 2.24) is 26.2 Å². The highest BCUT2D eigenvalue weighted by atomic mass is 16.6. The molecule has 0 spiro atoms. The van der Waals surface area contributed by atoms with Gasteiger partial charge in [-0.05, 0) is 32.9 Å². The van der Waals surface area contributed by atoms with Gasteiger partial charge in [-0.2, -0.15) is 5.06 Å². The molecular formula is C18H28N6O6. The molecule has 166 valence electrons. The minimum Gasteiger partial charge on any atom is -0.481 e. The van der Waals surface area contributed by atoms with E-state index >= 15 is 0 Å². The van der Waals surface area contributed by atoms with E-state index in [1.54, 1.807) is 6.21 Å². The molecule has 2 aliphatic heterocycles. The Morgan fingerprint density at radius 2 is 2.23 bits per heavy atom. The Hall–Kier alpha value is -2.54. The maximum Gasteiger partial charge on any atom is 0.316 e. The number of aliphatic carboxylic acids is 1. The van der Waals surface area contributed by atoms with Crippen molar-refractivity contribution < 1.29 is 29.2 Å². The van der Waals surface area contributed by atoms with Crippen LogP contribution in [0.25, 0.3) is 0 Å². The van der Waals surface area contributed by atoms with Gasteiger partial charge in [0.1, 0.15) is 5.92 Å². The number of hydroxylamine groups is 2. The third-order valence-corrected chi connectivity index (χ3v) is 5.63. The Balaban J connectivity index is 1.91. The fraction of sp³-hybridized carbons (Fsp3) is 0.667. The van der Waals surface area contributed by atoms with E-state index in [9.17, 15) is 19.9 Å². The number of aliphatic imine (C=N–C) groups is 1. The number of carboxylic acids is 1. The van der Waals surface area contributed by atoms with Gasteiger partial charge in [-0.1, -0.05) is 0 Å². The van der Waals surface area contributed by atoms with Gasteiger partial charge in [0.2, 0.25) is 6.41 Å². The zero-order chi connectivity index (χ0) is 22.2. The van der Waals surface area contributed by atoms with Crippen molar-refractivity contribution in [2.24, 2.45) is 4.99 Å². The van der Waals surface area contributed by atoms with Crippen LogP contribution in [0.1, 0.15) is 45.8 Å². The molecule has 30 heavy (non-hydrogen) atoms. The van der Waals surface area contributed by atoms with Crippen LogP contribution in [0.15, 0.2) is 15.6 Å². The minimum absolute atomic E-state index is 0.0370. The summed E-state index contributed by atoms with van der Waals surface area (Å²) in [5, 5.41) is 34.2. The van der Waals surface area contributed by atoms with E-state index in [4.69, 9.17) is 9.26 Å². The van der Waals surface area contributed by atoms with Crippen LogP contribution < -0.4 is 20.7 Å². The molecule has 0 radical (unpaired) electrons. The third-order valence-electron chi connectivity index (χ3n) is 5.63. The second kappa shape index (κ2) is 7.95. The average molecular weight is 424 g/mol. The summed E-state index contributed by atoms with van der Waals surface area (Å²) >= 11 is 0. The topological polar surface area (TPSA) is 162 Å². The van der Waals surface area contributed by atoms with Crippen LogP contribution in [0.5, 0.6) is 5.88 Å². The summed E-state index contributed by atoms with van der Waals surface area (Å²) in [4.78, 5) is 26.4. The number of ether oxygens (including phenoxy) is 1. The van der Waals surface area contributed by atoms with Crippen LogP contribution in [0.3, 0.4) is 0 Å². The Labute approximate surface area is 173 Å². The van der Waals surface area contributed by atoms with E-state index in [0.29, 0.717) is 19.4 Å². The van der Waals surface area contributed by atoms with Crippen LogP contribution >= 0.6 is 0 Å². The molecule has 0 saturated carbocycles. The number of nitrogens with one attached hydrogen (secondary N) is 3. The second-order valence-corrected chi connectivity index (χ2v) is 8.56. The van der Waals surface area contributed by atoms with Gasteiger partial charge in [0, 0.05) is 37.3 Å². The summed E-state index contributed by atoms with van der Waals surface area (Å²) in [5.41, 5.74) is -2.69. The van der Waals surface area contributed by atoms with Crippen molar-refractivity contribution >= 4 is 18.6 Å². The maximum absolute atomic E-state index is 11.5. The van der Waals surface area contributed by atoms with E-state index in [-0.39, 0.29) is 18.2 Å². The molecule has 1 amide bonds. The lowest BCUT2D eigenvalue weighted by Crippen LogP contribution is -2.67. The van der Waals surface area contributed by atoms with E-state index in [2.05, 4.69) is 26.1 Å². The highest BCUT2D eigenvalue weighted by Crippen LogP contribution is 2.47. The number of carbonyl (C=O) groups excluding carboxylic acids is 1. The largest absolute Gasteiger partial charge is 0.481 e. The first-order chi connectivity index (χ1) is 14.0. The van der Waals surface area contributed by atoms with Crippen LogP contribution in [-0.2, 0) is 9.59 Å². The summed E-state index contributed by atoms with van der Waals surface area (Å²) in [6.07, 6.45) is 2.09. The van der Waals surface area contributed by atoms with Gasteiger partial charge >= 0.3 is 5.97 Å². The molecule has 1 aromatic rings. The van der Waals surface area contributed by atoms with Gasteiger partial charge in [0.05, 0.1) is 5.54 Å². The molecule has 1 saturated heterocycles. The Kier molecular flexibility index (Phi) is 5.87. The number of aromatic nitrogens is 1.